The third-order valence-electron chi connectivity index (χ3n) is 2.71. The Kier molecular flexibility index (Phi) is 4.28. The van der Waals surface area contributed by atoms with Gasteiger partial charge >= 0.3 is 0 Å². The fourth-order valence-electron chi connectivity index (χ4n) is 1.72. The smallest absolute Gasteiger partial charge is 0.220 e. The molecule has 1 aromatic carbocycles. The number of hydrogen-bond donors (Lipinski definition) is 1. The van der Waals surface area contributed by atoms with Crippen molar-refractivity contribution in [2.24, 2.45) is 0 Å². The van der Waals surface area contributed by atoms with E-state index in [1.165, 1.54) is 12.3 Å². The van der Waals surface area contributed by atoms with Crippen molar-refractivity contribution < 1.29 is 13.6 Å². The van der Waals surface area contributed by atoms with Gasteiger partial charge in [-0.05, 0) is 18.1 Å². The largest absolute Gasteiger partial charge is 0.449 e. The maximum atomic E-state index is 13.3. The molecule has 2 rings (SSSR count). The van der Waals surface area contributed by atoms with E-state index >= 15 is 0 Å². The molecular formula is C14H15FN2O2. The summed E-state index contributed by atoms with van der Waals surface area (Å²) in [4.78, 5) is 15.7. The van der Waals surface area contributed by atoms with Gasteiger partial charge in [0.25, 0.3) is 0 Å². The molecule has 1 heterocycles. The van der Waals surface area contributed by atoms with Crippen LogP contribution in [0.5, 0.6) is 0 Å². The zero-order valence-electron chi connectivity index (χ0n) is 10.6. The molecule has 0 fully saturated rings. The van der Waals surface area contributed by atoms with Crippen LogP contribution in [0.3, 0.4) is 0 Å². The van der Waals surface area contributed by atoms with E-state index in [0.717, 1.165) is 0 Å². The Morgan fingerprint density at radius 2 is 2.21 bits per heavy atom. The zero-order valence-corrected chi connectivity index (χ0v) is 10.6. The number of carbonyl (C=O) groups excluding carboxylic acids is 1. The normalized spacial score (nSPS) is 10.4. The zero-order chi connectivity index (χ0) is 13.7. The highest BCUT2D eigenvalue weighted by molar-refractivity contribution is 5.76. The van der Waals surface area contributed by atoms with Crippen molar-refractivity contribution in [1.82, 2.24) is 10.3 Å². The van der Waals surface area contributed by atoms with Gasteiger partial charge in [-0.15, -0.1) is 0 Å². The number of aryl methyl sites for hydroxylation is 2. The minimum atomic E-state index is -0.276. The van der Waals surface area contributed by atoms with Gasteiger partial charge in [-0.2, -0.15) is 0 Å². The van der Waals surface area contributed by atoms with E-state index in [4.69, 9.17) is 4.42 Å². The van der Waals surface area contributed by atoms with E-state index in [1.807, 2.05) is 0 Å². The molecule has 1 N–H and O–H groups in total. The summed E-state index contributed by atoms with van der Waals surface area (Å²) in [6, 6.07) is 6.47. The SMILES string of the molecule is Cc1nc(CNC(=O)CCc2ccccc2F)co1. The van der Waals surface area contributed by atoms with Gasteiger partial charge in [0.1, 0.15) is 12.1 Å². The summed E-state index contributed by atoms with van der Waals surface area (Å²) in [7, 11) is 0. The first-order valence-corrected chi connectivity index (χ1v) is 6.06. The van der Waals surface area contributed by atoms with Gasteiger partial charge in [0.2, 0.25) is 5.91 Å². The summed E-state index contributed by atoms with van der Waals surface area (Å²) in [6.07, 6.45) is 2.14. The van der Waals surface area contributed by atoms with Crippen LogP contribution < -0.4 is 5.32 Å². The van der Waals surface area contributed by atoms with Gasteiger partial charge in [0.05, 0.1) is 12.2 Å². The van der Waals surface area contributed by atoms with E-state index in [0.29, 0.717) is 30.1 Å². The van der Waals surface area contributed by atoms with E-state index in [9.17, 15) is 9.18 Å². The van der Waals surface area contributed by atoms with Crippen LogP contribution in [0.2, 0.25) is 0 Å². The van der Waals surface area contributed by atoms with E-state index in [-0.39, 0.29) is 18.1 Å². The second-order valence-corrected chi connectivity index (χ2v) is 4.23. The van der Waals surface area contributed by atoms with Crippen molar-refractivity contribution in [3.8, 4) is 0 Å². The lowest BCUT2D eigenvalue weighted by molar-refractivity contribution is -0.121. The molecule has 0 aliphatic rings. The van der Waals surface area contributed by atoms with Crippen molar-refractivity contribution in [3.63, 3.8) is 0 Å². The molecule has 0 aliphatic heterocycles. The van der Waals surface area contributed by atoms with Gasteiger partial charge in [-0.3, -0.25) is 4.79 Å². The van der Waals surface area contributed by atoms with Gasteiger partial charge in [0, 0.05) is 13.3 Å². The molecule has 1 aromatic heterocycles. The maximum Gasteiger partial charge on any atom is 0.220 e. The van der Waals surface area contributed by atoms with Crippen molar-refractivity contribution in [2.75, 3.05) is 0 Å². The van der Waals surface area contributed by atoms with Crippen molar-refractivity contribution >= 4 is 5.91 Å². The Labute approximate surface area is 110 Å². The summed E-state index contributed by atoms with van der Waals surface area (Å²) in [5, 5.41) is 2.72. The summed E-state index contributed by atoms with van der Waals surface area (Å²) in [6.45, 7) is 2.07. The number of nitrogens with zero attached hydrogens (tertiary/aromatic N) is 1. The number of oxazole rings is 1. The average molecular weight is 262 g/mol. The molecule has 1 amide bonds. The first-order chi connectivity index (χ1) is 9.15. The number of hydrogen-bond acceptors (Lipinski definition) is 3. The monoisotopic (exact) mass is 262 g/mol. The molecule has 0 saturated heterocycles. The van der Waals surface area contributed by atoms with E-state index in [1.54, 1.807) is 25.1 Å². The summed E-state index contributed by atoms with van der Waals surface area (Å²) >= 11 is 0. The van der Waals surface area contributed by atoms with Crippen LogP contribution in [0.1, 0.15) is 23.6 Å². The van der Waals surface area contributed by atoms with Crippen LogP contribution in [0, 0.1) is 12.7 Å². The van der Waals surface area contributed by atoms with Crippen LogP contribution in [0.15, 0.2) is 34.9 Å². The molecule has 5 heteroatoms. The molecule has 0 radical (unpaired) electrons. The Bertz CT molecular complexity index is 566. The van der Waals surface area contributed by atoms with E-state index in [2.05, 4.69) is 10.3 Å². The van der Waals surface area contributed by atoms with Gasteiger partial charge in [0.15, 0.2) is 5.89 Å². The maximum absolute atomic E-state index is 13.3. The van der Waals surface area contributed by atoms with Gasteiger partial charge < -0.3 is 9.73 Å². The third-order valence-corrected chi connectivity index (χ3v) is 2.71. The van der Waals surface area contributed by atoms with Crippen molar-refractivity contribution in [1.29, 1.82) is 0 Å². The first kappa shape index (κ1) is 13.3. The molecule has 0 saturated carbocycles. The fourth-order valence-corrected chi connectivity index (χ4v) is 1.72. The minimum absolute atomic E-state index is 0.135. The van der Waals surface area contributed by atoms with Crippen LogP contribution >= 0.6 is 0 Å². The summed E-state index contributed by atoms with van der Waals surface area (Å²) in [5.74, 6) is 0.155. The molecule has 0 bridgehead atoms. The molecule has 0 aliphatic carbocycles. The van der Waals surface area contributed by atoms with Crippen molar-refractivity contribution in [2.45, 2.75) is 26.3 Å². The van der Waals surface area contributed by atoms with Gasteiger partial charge in [-0.1, -0.05) is 18.2 Å². The Morgan fingerprint density at radius 3 is 2.89 bits per heavy atom. The number of benzene rings is 1. The molecular weight excluding hydrogens is 247 g/mol. The van der Waals surface area contributed by atoms with Crippen LogP contribution in [-0.4, -0.2) is 10.9 Å². The number of amides is 1. The Hall–Kier alpha value is -2.17. The highest BCUT2D eigenvalue weighted by Gasteiger charge is 2.06. The fraction of sp³-hybridized carbons (Fsp3) is 0.286. The predicted octanol–water partition coefficient (Wildman–Crippen LogP) is 2.37. The molecule has 2 aromatic rings. The average Bonchev–Trinajstić information content (AvgIpc) is 2.81. The van der Waals surface area contributed by atoms with Crippen LogP contribution in [-0.2, 0) is 17.8 Å². The lowest BCUT2D eigenvalue weighted by Gasteiger charge is -2.04. The van der Waals surface area contributed by atoms with Gasteiger partial charge in [-0.25, -0.2) is 9.37 Å². The first-order valence-electron chi connectivity index (χ1n) is 6.06. The molecule has 0 spiro atoms. The minimum Gasteiger partial charge on any atom is -0.449 e. The second kappa shape index (κ2) is 6.13. The topological polar surface area (TPSA) is 55.1 Å². The third kappa shape index (κ3) is 3.91. The van der Waals surface area contributed by atoms with E-state index < -0.39 is 0 Å². The molecule has 0 atom stereocenters. The Morgan fingerprint density at radius 1 is 1.42 bits per heavy atom. The number of nitrogens with one attached hydrogen (secondary N) is 1. The summed E-state index contributed by atoms with van der Waals surface area (Å²) in [5.41, 5.74) is 1.23. The predicted molar refractivity (Wildman–Crippen MR) is 67.8 cm³/mol. The number of aromatic nitrogens is 1. The quantitative estimate of drug-likeness (QED) is 0.900. The molecule has 100 valence electrons. The number of halogens is 1. The lowest BCUT2D eigenvalue weighted by Crippen LogP contribution is -2.23. The number of rotatable bonds is 5. The highest BCUT2D eigenvalue weighted by Crippen LogP contribution is 2.08. The second-order valence-electron chi connectivity index (χ2n) is 4.23. The molecule has 4 nitrogen and oxygen atoms in total. The number of carbonyl (C=O) groups is 1. The van der Waals surface area contributed by atoms with Crippen LogP contribution in [0.25, 0.3) is 0 Å². The standard InChI is InChI=1S/C14H15FN2O2/c1-10-17-12(9-19-10)8-16-14(18)7-6-11-4-2-3-5-13(11)15/h2-5,9H,6-8H2,1H3,(H,16,18). The molecule has 0 unspecified atom stereocenters. The lowest BCUT2D eigenvalue weighted by atomic mass is 10.1. The summed E-state index contributed by atoms with van der Waals surface area (Å²) < 4.78 is 18.4. The van der Waals surface area contributed by atoms with Crippen molar-refractivity contribution in [3.05, 3.63) is 53.5 Å². The highest BCUT2D eigenvalue weighted by atomic mass is 19.1. The Balaban J connectivity index is 1.77. The molecule has 19 heavy (non-hydrogen) atoms. The van der Waals surface area contributed by atoms with Crippen LogP contribution in [0.4, 0.5) is 4.39 Å².